The molecule has 0 saturated heterocycles. The molecular formula is C42H73FO. The minimum absolute atomic E-state index is 0.389. The van der Waals surface area contributed by atoms with Gasteiger partial charge >= 0.3 is 0 Å². The van der Waals surface area contributed by atoms with Crippen LogP contribution in [0.5, 0.6) is 0 Å². The Morgan fingerprint density at radius 3 is 1.14 bits per heavy atom. The monoisotopic (exact) mass is 613 g/mol. The van der Waals surface area contributed by atoms with Crippen molar-refractivity contribution in [1.82, 2.24) is 0 Å². The molecule has 5 fully saturated rings. The summed E-state index contributed by atoms with van der Waals surface area (Å²) < 4.78 is 16.3. The van der Waals surface area contributed by atoms with Gasteiger partial charge in [-0.15, -0.1) is 0 Å². The van der Waals surface area contributed by atoms with Crippen molar-refractivity contribution in [2.24, 2.45) is 46.3 Å². The van der Waals surface area contributed by atoms with E-state index in [-0.39, 0.29) is 0 Å². The molecule has 0 atom stereocenters. The van der Waals surface area contributed by atoms with E-state index in [2.05, 4.69) is 13.8 Å². The van der Waals surface area contributed by atoms with Crippen molar-refractivity contribution in [2.75, 3.05) is 0 Å². The van der Waals surface area contributed by atoms with Gasteiger partial charge in [0.1, 0.15) is 6.17 Å². The van der Waals surface area contributed by atoms with Crippen LogP contribution < -0.4 is 0 Å². The summed E-state index contributed by atoms with van der Waals surface area (Å²) in [4.78, 5) is 13.9. The van der Waals surface area contributed by atoms with E-state index in [1.165, 1.54) is 141 Å². The van der Waals surface area contributed by atoms with E-state index in [0.29, 0.717) is 5.78 Å². The van der Waals surface area contributed by atoms with Gasteiger partial charge in [-0.1, -0.05) is 129 Å². The Bertz CT molecular complexity index is 751. The quantitative estimate of drug-likeness (QED) is 0.158. The summed E-state index contributed by atoms with van der Waals surface area (Å²) in [6, 6.07) is 0. The highest BCUT2D eigenvalue weighted by Crippen LogP contribution is 2.66. The fourth-order valence-corrected chi connectivity index (χ4v) is 11.7. The third-order valence-corrected chi connectivity index (χ3v) is 14.8. The molecule has 254 valence electrons. The summed E-state index contributed by atoms with van der Waals surface area (Å²) in [5.74, 6) is 5.55. The largest absolute Gasteiger partial charge is 0.298 e. The van der Waals surface area contributed by atoms with Gasteiger partial charge in [-0.05, 0) is 113 Å². The van der Waals surface area contributed by atoms with E-state index < -0.39 is 17.0 Å². The van der Waals surface area contributed by atoms with E-state index in [1.54, 1.807) is 0 Å². The zero-order chi connectivity index (χ0) is 30.8. The first-order valence-corrected chi connectivity index (χ1v) is 20.7. The number of carbonyl (C=O) groups excluding carboxylic acids is 1. The number of carbonyl (C=O) groups is 1. The fourth-order valence-electron chi connectivity index (χ4n) is 11.7. The topological polar surface area (TPSA) is 17.1 Å². The molecule has 0 bridgehead atoms. The highest BCUT2D eigenvalue weighted by atomic mass is 19.1. The van der Waals surface area contributed by atoms with Gasteiger partial charge in [0.25, 0.3) is 0 Å². The van der Waals surface area contributed by atoms with Gasteiger partial charge in [-0.25, -0.2) is 4.39 Å². The number of hydrogen-bond acceptors (Lipinski definition) is 1. The number of unbranched alkanes of at least 4 members (excludes halogenated alkanes) is 10. The Morgan fingerprint density at radius 1 is 0.477 bits per heavy atom. The van der Waals surface area contributed by atoms with Crippen LogP contribution in [0.4, 0.5) is 4.39 Å². The van der Waals surface area contributed by atoms with Crippen LogP contribution in [0.3, 0.4) is 0 Å². The van der Waals surface area contributed by atoms with Crippen molar-refractivity contribution < 1.29 is 9.18 Å². The Labute approximate surface area is 273 Å². The molecule has 0 aromatic heterocycles. The van der Waals surface area contributed by atoms with Crippen molar-refractivity contribution >= 4 is 5.78 Å². The first-order chi connectivity index (χ1) is 21.5. The van der Waals surface area contributed by atoms with Crippen LogP contribution in [0.25, 0.3) is 0 Å². The SMILES string of the molecule is CCCCCCCC[C@H]1CC[C@H](C2CCC3(CC2)C(=O)C2(CCC([C@H]4CC[C@H](CCCCCCCC)CC4)CC2)C3F)CC1. The third kappa shape index (κ3) is 8.17. The van der Waals surface area contributed by atoms with Gasteiger partial charge < -0.3 is 0 Å². The smallest absolute Gasteiger partial charge is 0.151 e. The second-order valence-electron chi connectivity index (χ2n) is 17.4. The molecular weight excluding hydrogens is 539 g/mol. The maximum atomic E-state index is 16.3. The standard InChI is InChI=1S/C42H73FO/c1-3-5-7-9-11-13-15-33-17-21-35(22-18-33)37-25-29-41(30-26-37)39(43)42(40(41)44)31-27-38(28-32-42)36-23-19-34(20-24-36)16-14-12-10-8-6-4-2/h33-39H,3-32H2,1-2H3/t33-,34-,35-,36-,37?,38?,39?,41?,42?. The number of hydrogen-bond donors (Lipinski definition) is 0. The molecule has 2 spiro atoms. The molecule has 0 N–H and O–H groups in total. The molecule has 5 rings (SSSR count). The molecule has 0 aliphatic heterocycles. The first kappa shape index (κ1) is 34.9. The second kappa shape index (κ2) is 17.1. The van der Waals surface area contributed by atoms with E-state index in [4.69, 9.17) is 0 Å². The normalized spacial score (nSPS) is 39.5. The third-order valence-electron chi connectivity index (χ3n) is 14.8. The molecule has 0 amide bonds. The highest BCUT2D eigenvalue weighted by Gasteiger charge is 2.71. The zero-order valence-corrected chi connectivity index (χ0v) is 29.5. The number of rotatable bonds is 16. The lowest BCUT2D eigenvalue weighted by molar-refractivity contribution is -0.194. The van der Waals surface area contributed by atoms with Crippen LogP contribution in [0, 0.1) is 46.3 Å². The summed E-state index contributed by atoms with van der Waals surface area (Å²) in [5, 5.41) is 0. The lowest BCUT2D eigenvalue weighted by Crippen LogP contribution is -2.69. The van der Waals surface area contributed by atoms with Crippen molar-refractivity contribution in [3.63, 3.8) is 0 Å². The van der Waals surface area contributed by atoms with Crippen LogP contribution in [0.15, 0.2) is 0 Å². The molecule has 0 radical (unpaired) electrons. The van der Waals surface area contributed by atoms with Crippen molar-refractivity contribution in [1.29, 1.82) is 0 Å². The number of ketones is 1. The summed E-state index contributed by atoms with van der Waals surface area (Å²) in [6.45, 7) is 4.60. The molecule has 0 aromatic rings. The first-order valence-electron chi connectivity index (χ1n) is 20.7. The number of alkyl halides is 1. The Kier molecular flexibility index (Phi) is 13.6. The lowest BCUT2D eigenvalue weighted by Gasteiger charge is -2.62. The summed E-state index contributed by atoms with van der Waals surface area (Å²) >= 11 is 0. The van der Waals surface area contributed by atoms with E-state index >= 15 is 4.39 Å². The van der Waals surface area contributed by atoms with Gasteiger partial charge in [-0.3, -0.25) is 4.79 Å². The maximum Gasteiger partial charge on any atom is 0.151 e. The second-order valence-corrected chi connectivity index (χ2v) is 17.4. The van der Waals surface area contributed by atoms with Gasteiger partial charge in [0.2, 0.25) is 0 Å². The van der Waals surface area contributed by atoms with Crippen LogP contribution in [-0.2, 0) is 4.79 Å². The van der Waals surface area contributed by atoms with E-state index in [1.807, 2.05) is 0 Å². The van der Waals surface area contributed by atoms with Crippen molar-refractivity contribution in [2.45, 2.75) is 213 Å². The molecule has 5 aliphatic carbocycles. The molecule has 0 aromatic carbocycles. The van der Waals surface area contributed by atoms with Gasteiger partial charge in [0, 0.05) is 0 Å². The van der Waals surface area contributed by atoms with Crippen LogP contribution in [0.2, 0.25) is 0 Å². The minimum atomic E-state index is -0.842. The summed E-state index contributed by atoms with van der Waals surface area (Å²) in [6.07, 6.45) is 38.3. The van der Waals surface area contributed by atoms with Crippen LogP contribution >= 0.6 is 0 Å². The van der Waals surface area contributed by atoms with E-state index in [0.717, 1.165) is 86.9 Å². The van der Waals surface area contributed by atoms with Crippen molar-refractivity contribution in [3.8, 4) is 0 Å². The average Bonchev–Trinajstić information content (AvgIpc) is 3.08. The minimum Gasteiger partial charge on any atom is -0.298 e. The zero-order valence-electron chi connectivity index (χ0n) is 29.5. The highest BCUT2D eigenvalue weighted by molar-refractivity contribution is 5.98. The average molecular weight is 613 g/mol. The molecule has 1 nitrogen and oxygen atoms in total. The fraction of sp³-hybridized carbons (Fsp3) is 0.976. The molecule has 2 heteroatoms. The summed E-state index contributed by atoms with van der Waals surface area (Å²) in [7, 11) is 0. The molecule has 5 aliphatic rings. The molecule has 0 unspecified atom stereocenters. The van der Waals surface area contributed by atoms with Gasteiger partial charge in [0.05, 0.1) is 10.8 Å². The van der Waals surface area contributed by atoms with Crippen molar-refractivity contribution in [3.05, 3.63) is 0 Å². The molecule has 44 heavy (non-hydrogen) atoms. The Balaban J connectivity index is 0.970. The van der Waals surface area contributed by atoms with Gasteiger partial charge in [-0.2, -0.15) is 0 Å². The predicted molar refractivity (Wildman–Crippen MR) is 186 cm³/mol. The predicted octanol–water partition coefficient (Wildman–Crippen LogP) is 13.4. The Morgan fingerprint density at radius 2 is 0.795 bits per heavy atom. The lowest BCUT2D eigenvalue weighted by atomic mass is 9.41. The van der Waals surface area contributed by atoms with E-state index in [9.17, 15) is 4.79 Å². The van der Waals surface area contributed by atoms with Crippen LogP contribution in [-0.4, -0.2) is 12.0 Å². The number of Topliss-reactive ketones (excluding diaryl/α,β-unsaturated/α-hetero) is 1. The summed E-state index contributed by atoms with van der Waals surface area (Å²) in [5.41, 5.74) is -1.15. The molecule has 5 saturated carbocycles. The van der Waals surface area contributed by atoms with Crippen LogP contribution in [0.1, 0.15) is 206 Å². The maximum absolute atomic E-state index is 16.3. The number of halogens is 1. The molecule has 0 heterocycles. The Hall–Kier alpha value is -0.400. The van der Waals surface area contributed by atoms with Gasteiger partial charge in [0.15, 0.2) is 5.78 Å².